The van der Waals surface area contributed by atoms with Gasteiger partial charge in [-0.15, -0.1) is 0 Å². The summed E-state index contributed by atoms with van der Waals surface area (Å²) in [4.78, 5) is 17.0. The van der Waals surface area contributed by atoms with Crippen molar-refractivity contribution in [3.05, 3.63) is 53.5 Å². The van der Waals surface area contributed by atoms with E-state index < -0.39 is 9.84 Å². The quantitative estimate of drug-likeness (QED) is 0.578. The van der Waals surface area contributed by atoms with E-state index in [4.69, 9.17) is 4.52 Å². The van der Waals surface area contributed by atoms with E-state index in [9.17, 15) is 13.2 Å². The van der Waals surface area contributed by atoms with Crippen LogP contribution in [0.15, 0.2) is 40.9 Å². The van der Waals surface area contributed by atoms with Crippen molar-refractivity contribution >= 4 is 21.4 Å². The zero-order valence-electron chi connectivity index (χ0n) is 18.8. The van der Waals surface area contributed by atoms with Gasteiger partial charge in [0, 0.05) is 37.8 Å². The smallest absolute Gasteiger partial charge is 0.276 e. The van der Waals surface area contributed by atoms with Crippen molar-refractivity contribution < 1.29 is 17.7 Å². The second-order valence-electron chi connectivity index (χ2n) is 8.74. The van der Waals surface area contributed by atoms with Crippen LogP contribution in [-0.4, -0.2) is 71.8 Å². The summed E-state index contributed by atoms with van der Waals surface area (Å²) in [5.41, 5.74) is 4.11. The van der Waals surface area contributed by atoms with E-state index in [0.717, 1.165) is 22.6 Å². The number of benzene rings is 1. The van der Waals surface area contributed by atoms with E-state index in [-0.39, 0.29) is 23.5 Å². The van der Waals surface area contributed by atoms with Gasteiger partial charge in [0.25, 0.3) is 5.91 Å². The third-order valence-electron chi connectivity index (χ3n) is 6.51. The number of hydrogen-bond acceptors (Lipinski definition) is 7. The Balaban J connectivity index is 1.26. The molecule has 2 aliphatic heterocycles. The molecule has 0 saturated carbocycles. The van der Waals surface area contributed by atoms with Gasteiger partial charge >= 0.3 is 0 Å². The lowest BCUT2D eigenvalue weighted by Gasteiger charge is -2.36. The minimum atomic E-state index is -2.98. The van der Waals surface area contributed by atoms with Gasteiger partial charge in [-0.2, -0.15) is 5.10 Å². The third kappa shape index (κ3) is 4.15. The molecule has 174 valence electrons. The highest BCUT2D eigenvalue weighted by molar-refractivity contribution is 7.91. The van der Waals surface area contributed by atoms with Crippen LogP contribution < -0.4 is 4.90 Å². The molecule has 2 saturated heterocycles. The molecular weight excluding hydrogens is 442 g/mol. The molecule has 2 fully saturated rings. The fourth-order valence-electron chi connectivity index (χ4n) is 4.85. The molecule has 0 bridgehead atoms. The third-order valence-corrected chi connectivity index (χ3v) is 8.26. The maximum Gasteiger partial charge on any atom is 0.276 e. The first-order valence-corrected chi connectivity index (χ1v) is 13.0. The molecule has 33 heavy (non-hydrogen) atoms. The van der Waals surface area contributed by atoms with E-state index in [1.807, 2.05) is 48.9 Å². The Morgan fingerprint density at radius 3 is 2.48 bits per heavy atom. The summed E-state index contributed by atoms with van der Waals surface area (Å²) >= 11 is 0. The SMILES string of the molecule is Cc1nn(C2CCS(=O)(=O)C2)c(C)c1N1CCN(C(=O)c2cc(-c3ccccc3)on2)CC1. The van der Waals surface area contributed by atoms with Crippen LogP contribution in [0.3, 0.4) is 0 Å². The van der Waals surface area contributed by atoms with Crippen molar-refractivity contribution in [2.45, 2.75) is 26.3 Å². The monoisotopic (exact) mass is 469 g/mol. The summed E-state index contributed by atoms with van der Waals surface area (Å²) in [6.45, 7) is 6.43. The second-order valence-corrected chi connectivity index (χ2v) is 11.0. The molecule has 0 aliphatic carbocycles. The maximum absolute atomic E-state index is 13.0. The van der Waals surface area contributed by atoms with Gasteiger partial charge < -0.3 is 14.3 Å². The highest BCUT2D eigenvalue weighted by Gasteiger charge is 2.33. The Morgan fingerprint density at radius 1 is 1.09 bits per heavy atom. The average molecular weight is 470 g/mol. The molecule has 0 radical (unpaired) electrons. The van der Waals surface area contributed by atoms with E-state index in [0.29, 0.717) is 44.1 Å². The Hall–Kier alpha value is -3.14. The molecule has 0 spiro atoms. The van der Waals surface area contributed by atoms with Crippen LogP contribution in [0, 0.1) is 13.8 Å². The molecule has 1 amide bonds. The van der Waals surface area contributed by atoms with Gasteiger partial charge in [0.1, 0.15) is 0 Å². The van der Waals surface area contributed by atoms with Crippen molar-refractivity contribution in [2.24, 2.45) is 0 Å². The molecule has 1 aromatic carbocycles. The number of nitrogens with zero attached hydrogens (tertiary/aromatic N) is 5. The number of aromatic nitrogens is 3. The minimum absolute atomic E-state index is 0.101. The number of aryl methyl sites for hydroxylation is 1. The number of piperazine rings is 1. The fraction of sp³-hybridized carbons (Fsp3) is 0.435. The van der Waals surface area contributed by atoms with E-state index in [2.05, 4.69) is 15.2 Å². The standard InChI is InChI=1S/C23H27N5O4S/c1-16-22(17(2)28(24-16)19-8-13-33(30,31)15-19)26-9-11-27(12-10-26)23(29)20-14-21(32-25-20)18-6-4-3-5-7-18/h3-7,14,19H,8-13,15H2,1-2H3. The minimum Gasteiger partial charge on any atom is -0.365 e. The summed E-state index contributed by atoms with van der Waals surface area (Å²) in [6, 6.07) is 11.2. The summed E-state index contributed by atoms with van der Waals surface area (Å²) in [5.74, 6) is 0.811. The van der Waals surface area contributed by atoms with E-state index in [1.165, 1.54) is 0 Å². The predicted octanol–water partition coefficient (Wildman–Crippen LogP) is 2.48. The second kappa shape index (κ2) is 8.33. The van der Waals surface area contributed by atoms with Crippen molar-refractivity contribution in [1.29, 1.82) is 0 Å². The first-order chi connectivity index (χ1) is 15.8. The largest absolute Gasteiger partial charge is 0.365 e. The molecule has 9 nitrogen and oxygen atoms in total. The summed E-state index contributed by atoms with van der Waals surface area (Å²) < 4.78 is 31.1. The Morgan fingerprint density at radius 2 is 1.82 bits per heavy atom. The van der Waals surface area contributed by atoms with Crippen molar-refractivity contribution in [1.82, 2.24) is 19.8 Å². The molecule has 0 N–H and O–H groups in total. The van der Waals surface area contributed by atoms with Gasteiger partial charge in [0.05, 0.1) is 34.6 Å². The highest BCUT2D eigenvalue weighted by Crippen LogP contribution is 2.32. The zero-order chi connectivity index (χ0) is 23.2. The molecule has 1 unspecified atom stereocenters. The van der Waals surface area contributed by atoms with Gasteiger partial charge in [-0.05, 0) is 20.3 Å². The van der Waals surface area contributed by atoms with Gasteiger partial charge in [0.2, 0.25) is 0 Å². The topological polar surface area (TPSA) is 102 Å². The molecule has 2 aliphatic rings. The van der Waals surface area contributed by atoms with Crippen LogP contribution in [0.5, 0.6) is 0 Å². The van der Waals surface area contributed by atoms with Crippen LogP contribution in [0.25, 0.3) is 11.3 Å². The Kier molecular flexibility index (Phi) is 5.48. The van der Waals surface area contributed by atoms with Gasteiger partial charge in [-0.1, -0.05) is 35.5 Å². The molecule has 3 aromatic rings. The normalized spacial score (nSPS) is 20.4. The number of carbonyl (C=O) groups is 1. The van der Waals surface area contributed by atoms with Crippen LogP contribution in [-0.2, 0) is 9.84 Å². The first kappa shape index (κ1) is 21.7. The lowest BCUT2D eigenvalue weighted by molar-refractivity contribution is 0.0736. The van der Waals surface area contributed by atoms with Gasteiger partial charge in [-0.3, -0.25) is 9.48 Å². The molecular formula is C23H27N5O4S. The number of rotatable bonds is 4. The number of anilines is 1. The number of sulfone groups is 1. The zero-order valence-corrected chi connectivity index (χ0v) is 19.6. The summed E-state index contributed by atoms with van der Waals surface area (Å²) in [7, 11) is -2.98. The lowest BCUT2D eigenvalue weighted by Crippen LogP contribution is -2.49. The number of hydrogen-bond donors (Lipinski definition) is 0. The molecule has 5 rings (SSSR count). The Bertz CT molecular complexity index is 1270. The van der Waals surface area contributed by atoms with Crippen molar-refractivity contribution in [3.63, 3.8) is 0 Å². The summed E-state index contributed by atoms with van der Waals surface area (Å²) in [6.07, 6.45) is 0.606. The van der Waals surface area contributed by atoms with E-state index >= 15 is 0 Å². The molecule has 1 atom stereocenters. The highest BCUT2D eigenvalue weighted by atomic mass is 32.2. The first-order valence-electron chi connectivity index (χ1n) is 11.1. The van der Waals surface area contributed by atoms with Gasteiger partial charge in [-0.25, -0.2) is 8.42 Å². The van der Waals surface area contributed by atoms with Crippen LogP contribution >= 0.6 is 0 Å². The average Bonchev–Trinajstić information content (AvgIpc) is 3.51. The maximum atomic E-state index is 13.0. The Labute approximate surface area is 192 Å². The van der Waals surface area contributed by atoms with Crippen molar-refractivity contribution in [3.8, 4) is 11.3 Å². The summed E-state index contributed by atoms with van der Waals surface area (Å²) in [5, 5.41) is 8.66. The predicted molar refractivity (Wildman–Crippen MR) is 124 cm³/mol. The van der Waals surface area contributed by atoms with Crippen LogP contribution in [0.2, 0.25) is 0 Å². The van der Waals surface area contributed by atoms with Crippen LogP contribution in [0.1, 0.15) is 34.3 Å². The van der Waals surface area contributed by atoms with Gasteiger partial charge in [0.15, 0.2) is 21.3 Å². The van der Waals surface area contributed by atoms with E-state index in [1.54, 1.807) is 11.0 Å². The molecule has 10 heteroatoms. The molecule has 2 aromatic heterocycles. The van der Waals surface area contributed by atoms with Crippen molar-refractivity contribution in [2.75, 3.05) is 42.6 Å². The number of amides is 1. The number of carbonyl (C=O) groups excluding carboxylic acids is 1. The van der Waals surface area contributed by atoms with Crippen LogP contribution in [0.4, 0.5) is 5.69 Å². The lowest BCUT2D eigenvalue weighted by atomic mass is 10.1. The fourth-order valence-corrected chi connectivity index (χ4v) is 6.54. The molecule has 4 heterocycles.